The highest BCUT2D eigenvalue weighted by Crippen LogP contribution is 2.12. The van der Waals surface area contributed by atoms with Crippen LogP contribution in [-0.4, -0.2) is 35.6 Å². The van der Waals surface area contributed by atoms with Gasteiger partial charge in [0.2, 0.25) is 0 Å². The molecule has 1 aliphatic rings. The summed E-state index contributed by atoms with van der Waals surface area (Å²) in [5, 5.41) is 3.54. The van der Waals surface area contributed by atoms with Crippen LogP contribution in [0.3, 0.4) is 0 Å². The van der Waals surface area contributed by atoms with Gasteiger partial charge in [-0.2, -0.15) is 0 Å². The molecule has 106 valence electrons. The van der Waals surface area contributed by atoms with Crippen LogP contribution in [0.2, 0.25) is 0 Å². The summed E-state index contributed by atoms with van der Waals surface area (Å²) in [6.45, 7) is 7.79. The van der Waals surface area contributed by atoms with E-state index in [1.54, 1.807) is 6.07 Å². The Morgan fingerprint density at radius 3 is 2.63 bits per heavy atom. The zero-order chi connectivity index (χ0) is 13.7. The molecule has 0 aliphatic carbocycles. The molecule has 4 heteroatoms. The SMILES string of the molecule is CC(CN1CCCCC1)NC(C)c1ccc(F)cn1. The predicted octanol–water partition coefficient (Wildman–Crippen LogP) is 2.75. The van der Waals surface area contributed by atoms with Gasteiger partial charge >= 0.3 is 0 Å². The van der Waals surface area contributed by atoms with Crippen molar-refractivity contribution in [1.82, 2.24) is 15.2 Å². The monoisotopic (exact) mass is 265 g/mol. The van der Waals surface area contributed by atoms with Gasteiger partial charge in [-0.3, -0.25) is 4.98 Å². The fraction of sp³-hybridized carbons (Fsp3) is 0.667. The number of piperidine rings is 1. The molecule has 1 aromatic rings. The van der Waals surface area contributed by atoms with E-state index in [0.717, 1.165) is 12.2 Å². The zero-order valence-corrected chi connectivity index (χ0v) is 11.9. The zero-order valence-electron chi connectivity index (χ0n) is 11.9. The number of nitrogens with zero attached hydrogens (tertiary/aromatic N) is 2. The molecule has 0 radical (unpaired) electrons. The van der Waals surface area contributed by atoms with E-state index >= 15 is 0 Å². The molecule has 2 heterocycles. The van der Waals surface area contributed by atoms with Crippen LogP contribution >= 0.6 is 0 Å². The molecule has 1 aromatic heterocycles. The molecule has 1 saturated heterocycles. The van der Waals surface area contributed by atoms with Crippen molar-refractivity contribution in [2.24, 2.45) is 0 Å². The van der Waals surface area contributed by atoms with E-state index in [9.17, 15) is 4.39 Å². The first-order chi connectivity index (χ1) is 9.15. The van der Waals surface area contributed by atoms with Crippen molar-refractivity contribution in [1.29, 1.82) is 0 Å². The number of hydrogen-bond acceptors (Lipinski definition) is 3. The largest absolute Gasteiger partial charge is 0.305 e. The summed E-state index contributed by atoms with van der Waals surface area (Å²) in [5.74, 6) is -0.280. The van der Waals surface area contributed by atoms with Gasteiger partial charge in [0, 0.05) is 18.6 Å². The second-order valence-electron chi connectivity index (χ2n) is 5.55. The van der Waals surface area contributed by atoms with E-state index in [1.807, 2.05) is 0 Å². The number of nitrogens with one attached hydrogen (secondary N) is 1. The first kappa shape index (κ1) is 14.4. The standard InChI is InChI=1S/C15H24FN3/c1-12(11-19-8-4-3-5-9-19)18-13(2)15-7-6-14(16)10-17-15/h6-7,10,12-13,18H,3-5,8-9,11H2,1-2H3. The minimum absolute atomic E-state index is 0.153. The minimum Gasteiger partial charge on any atom is -0.305 e. The van der Waals surface area contributed by atoms with Crippen molar-refractivity contribution in [2.45, 2.75) is 45.2 Å². The molecule has 1 aliphatic heterocycles. The Morgan fingerprint density at radius 2 is 2.00 bits per heavy atom. The van der Waals surface area contributed by atoms with Crippen molar-refractivity contribution < 1.29 is 4.39 Å². The molecule has 2 unspecified atom stereocenters. The molecule has 3 nitrogen and oxygen atoms in total. The van der Waals surface area contributed by atoms with Gasteiger partial charge in [0.05, 0.1) is 11.9 Å². The van der Waals surface area contributed by atoms with Crippen LogP contribution in [0.15, 0.2) is 18.3 Å². The van der Waals surface area contributed by atoms with Crippen molar-refractivity contribution in [3.63, 3.8) is 0 Å². The lowest BCUT2D eigenvalue weighted by molar-refractivity contribution is 0.205. The average Bonchev–Trinajstić information content (AvgIpc) is 2.40. The summed E-state index contributed by atoms with van der Waals surface area (Å²) >= 11 is 0. The van der Waals surface area contributed by atoms with E-state index < -0.39 is 0 Å². The third-order valence-electron chi connectivity index (χ3n) is 3.71. The Kier molecular flexibility index (Phi) is 5.28. The Morgan fingerprint density at radius 1 is 1.26 bits per heavy atom. The Bertz CT molecular complexity index is 373. The molecular formula is C15H24FN3. The van der Waals surface area contributed by atoms with Crippen LogP contribution in [-0.2, 0) is 0 Å². The third-order valence-corrected chi connectivity index (χ3v) is 3.71. The smallest absolute Gasteiger partial charge is 0.141 e. The molecular weight excluding hydrogens is 241 g/mol. The van der Waals surface area contributed by atoms with Crippen LogP contribution in [0.1, 0.15) is 44.8 Å². The van der Waals surface area contributed by atoms with E-state index in [-0.39, 0.29) is 11.9 Å². The summed E-state index contributed by atoms with van der Waals surface area (Å²) in [7, 11) is 0. The van der Waals surface area contributed by atoms with Crippen LogP contribution in [0.5, 0.6) is 0 Å². The number of halogens is 1. The normalized spacial score (nSPS) is 20.2. The summed E-state index contributed by atoms with van der Waals surface area (Å²) in [6.07, 6.45) is 5.29. The predicted molar refractivity (Wildman–Crippen MR) is 75.5 cm³/mol. The molecule has 0 amide bonds. The molecule has 0 aromatic carbocycles. The van der Waals surface area contributed by atoms with Gasteiger partial charge < -0.3 is 10.2 Å². The van der Waals surface area contributed by atoms with Gasteiger partial charge in [0.25, 0.3) is 0 Å². The highest BCUT2D eigenvalue weighted by Gasteiger charge is 2.15. The van der Waals surface area contributed by atoms with Gasteiger partial charge in [0.15, 0.2) is 0 Å². The second kappa shape index (κ2) is 6.96. The summed E-state index contributed by atoms with van der Waals surface area (Å²) < 4.78 is 12.8. The fourth-order valence-corrected chi connectivity index (χ4v) is 2.74. The Hall–Kier alpha value is -1.00. The topological polar surface area (TPSA) is 28.2 Å². The second-order valence-corrected chi connectivity index (χ2v) is 5.55. The van der Waals surface area contributed by atoms with Crippen LogP contribution < -0.4 is 5.32 Å². The fourth-order valence-electron chi connectivity index (χ4n) is 2.74. The van der Waals surface area contributed by atoms with E-state index in [4.69, 9.17) is 0 Å². The highest BCUT2D eigenvalue weighted by atomic mass is 19.1. The van der Waals surface area contributed by atoms with Gasteiger partial charge in [-0.15, -0.1) is 0 Å². The van der Waals surface area contributed by atoms with Crippen LogP contribution in [0.25, 0.3) is 0 Å². The number of likely N-dealkylation sites (tertiary alicyclic amines) is 1. The highest BCUT2D eigenvalue weighted by molar-refractivity contribution is 5.09. The molecule has 0 saturated carbocycles. The third kappa shape index (κ3) is 4.55. The van der Waals surface area contributed by atoms with Gasteiger partial charge in [-0.25, -0.2) is 4.39 Å². The Balaban J connectivity index is 1.80. The van der Waals surface area contributed by atoms with E-state index in [0.29, 0.717) is 6.04 Å². The van der Waals surface area contributed by atoms with Gasteiger partial charge in [-0.1, -0.05) is 6.42 Å². The van der Waals surface area contributed by atoms with Crippen LogP contribution in [0.4, 0.5) is 4.39 Å². The maximum Gasteiger partial charge on any atom is 0.141 e. The minimum atomic E-state index is -0.280. The Labute approximate surface area is 115 Å². The lowest BCUT2D eigenvalue weighted by Crippen LogP contribution is -2.42. The van der Waals surface area contributed by atoms with Crippen LogP contribution in [0, 0.1) is 5.82 Å². The first-order valence-electron chi connectivity index (χ1n) is 7.25. The molecule has 1 N–H and O–H groups in total. The van der Waals surface area contributed by atoms with Gasteiger partial charge in [-0.05, 0) is 51.9 Å². The number of hydrogen-bond donors (Lipinski definition) is 1. The summed E-state index contributed by atoms with van der Waals surface area (Å²) in [6, 6.07) is 3.79. The maximum atomic E-state index is 12.8. The number of rotatable bonds is 5. The molecule has 1 fully saturated rings. The quantitative estimate of drug-likeness (QED) is 0.887. The summed E-state index contributed by atoms with van der Waals surface area (Å²) in [4.78, 5) is 6.65. The number of aromatic nitrogens is 1. The molecule has 0 spiro atoms. The maximum absolute atomic E-state index is 12.8. The average molecular weight is 265 g/mol. The molecule has 0 bridgehead atoms. The molecule has 2 atom stereocenters. The lowest BCUT2D eigenvalue weighted by atomic mass is 10.1. The van der Waals surface area contributed by atoms with Crippen molar-refractivity contribution >= 4 is 0 Å². The first-order valence-corrected chi connectivity index (χ1v) is 7.25. The number of pyridine rings is 1. The molecule has 2 rings (SSSR count). The van der Waals surface area contributed by atoms with Gasteiger partial charge in [0.1, 0.15) is 5.82 Å². The van der Waals surface area contributed by atoms with E-state index in [2.05, 4.69) is 29.0 Å². The van der Waals surface area contributed by atoms with Crippen molar-refractivity contribution in [3.8, 4) is 0 Å². The molecule has 19 heavy (non-hydrogen) atoms. The van der Waals surface area contributed by atoms with E-state index in [1.165, 1.54) is 44.6 Å². The summed E-state index contributed by atoms with van der Waals surface area (Å²) in [5.41, 5.74) is 0.895. The van der Waals surface area contributed by atoms with Crippen molar-refractivity contribution in [2.75, 3.05) is 19.6 Å². The lowest BCUT2D eigenvalue weighted by Gasteiger charge is -2.30. The van der Waals surface area contributed by atoms with Crippen molar-refractivity contribution in [3.05, 3.63) is 29.8 Å².